The second-order valence-electron chi connectivity index (χ2n) is 5.00. The Morgan fingerprint density at radius 2 is 1.95 bits per heavy atom. The van der Waals surface area contributed by atoms with E-state index in [0.717, 1.165) is 23.4 Å². The van der Waals surface area contributed by atoms with Gasteiger partial charge in [0.05, 0.1) is 6.04 Å². The van der Waals surface area contributed by atoms with E-state index < -0.39 is 0 Å². The lowest BCUT2D eigenvalue weighted by molar-refractivity contribution is 0.460. The smallest absolute Gasteiger partial charge is 0.125 e. The molecule has 3 heteroatoms. The maximum Gasteiger partial charge on any atom is 0.125 e. The van der Waals surface area contributed by atoms with Gasteiger partial charge < -0.3 is 10.0 Å². The van der Waals surface area contributed by atoms with Crippen molar-refractivity contribution in [3.05, 3.63) is 59.4 Å². The first-order valence-corrected chi connectivity index (χ1v) is 6.84. The van der Waals surface area contributed by atoms with Crippen LogP contribution in [-0.4, -0.2) is 11.7 Å². The van der Waals surface area contributed by atoms with Crippen LogP contribution < -0.4 is 4.90 Å². The molecule has 0 aliphatic carbocycles. The quantitative estimate of drug-likeness (QED) is 0.891. The van der Waals surface area contributed by atoms with Crippen LogP contribution in [0.4, 0.5) is 10.1 Å². The summed E-state index contributed by atoms with van der Waals surface area (Å²) < 4.78 is 13.4. The minimum Gasteiger partial charge on any atom is -0.508 e. The summed E-state index contributed by atoms with van der Waals surface area (Å²) in [6, 6.07) is 12.2. The third-order valence-electron chi connectivity index (χ3n) is 3.58. The van der Waals surface area contributed by atoms with E-state index in [2.05, 4.69) is 4.90 Å². The highest BCUT2D eigenvalue weighted by Gasteiger charge is 2.18. The molecule has 0 spiro atoms. The first-order chi connectivity index (χ1) is 9.52. The Kier molecular flexibility index (Phi) is 4.28. The first kappa shape index (κ1) is 14.4. The van der Waals surface area contributed by atoms with Crippen LogP contribution in [0.2, 0.25) is 0 Å². The van der Waals surface area contributed by atoms with Crippen LogP contribution >= 0.6 is 0 Å². The minimum atomic E-state index is -0.249. The Morgan fingerprint density at radius 1 is 1.20 bits per heavy atom. The number of anilines is 1. The molecule has 0 bridgehead atoms. The van der Waals surface area contributed by atoms with E-state index in [1.807, 2.05) is 39.0 Å². The molecule has 106 valence electrons. The number of nitrogens with zero attached hydrogens (tertiary/aromatic N) is 1. The summed E-state index contributed by atoms with van der Waals surface area (Å²) in [4.78, 5) is 2.06. The predicted octanol–water partition coefficient (Wildman–Crippen LogP) is 4.43. The van der Waals surface area contributed by atoms with Crippen molar-refractivity contribution in [1.82, 2.24) is 0 Å². The Morgan fingerprint density at radius 3 is 2.55 bits per heavy atom. The van der Waals surface area contributed by atoms with Gasteiger partial charge in [-0.15, -0.1) is 0 Å². The SMILES string of the molecule is CCN(c1cccc(F)c1)C(C)c1ccc(C)cc1O. The Bertz CT molecular complexity index is 597. The summed E-state index contributed by atoms with van der Waals surface area (Å²) in [5, 5.41) is 10.1. The Balaban J connectivity index is 2.36. The molecule has 0 amide bonds. The van der Waals surface area contributed by atoms with E-state index in [9.17, 15) is 9.50 Å². The van der Waals surface area contributed by atoms with Crippen LogP contribution in [0, 0.1) is 12.7 Å². The predicted molar refractivity (Wildman–Crippen MR) is 80.7 cm³/mol. The van der Waals surface area contributed by atoms with Gasteiger partial charge in [0.25, 0.3) is 0 Å². The number of aromatic hydroxyl groups is 1. The number of phenols is 1. The summed E-state index contributed by atoms with van der Waals surface area (Å²) in [6.45, 7) is 6.71. The van der Waals surface area contributed by atoms with Crippen LogP contribution in [0.1, 0.15) is 31.0 Å². The molecular weight excluding hydrogens is 253 g/mol. The fourth-order valence-electron chi connectivity index (χ4n) is 2.51. The molecule has 20 heavy (non-hydrogen) atoms. The zero-order valence-electron chi connectivity index (χ0n) is 12.1. The molecule has 1 atom stereocenters. The van der Waals surface area contributed by atoms with Crippen molar-refractivity contribution in [2.75, 3.05) is 11.4 Å². The van der Waals surface area contributed by atoms with Crippen LogP contribution in [-0.2, 0) is 0 Å². The van der Waals surface area contributed by atoms with Crippen LogP contribution in [0.5, 0.6) is 5.75 Å². The van der Waals surface area contributed by atoms with Crippen LogP contribution in [0.25, 0.3) is 0 Å². The van der Waals surface area contributed by atoms with Crippen LogP contribution in [0.15, 0.2) is 42.5 Å². The van der Waals surface area contributed by atoms with E-state index in [4.69, 9.17) is 0 Å². The third-order valence-corrected chi connectivity index (χ3v) is 3.58. The first-order valence-electron chi connectivity index (χ1n) is 6.84. The maximum absolute atomic E-state index is 13.4. The van der Waals surface area contributed by atoms with Crippen molar-refractivity contribution >= 4 is 5.69 Å². The molecule has 0 radical (unpaired) electrons. The van der Waals surface area contributed by atoms with Gasteiger partial charge in [0.2, 0.25) is 0 Å². The summed E-state index contributed by atoms with van der Waals surface area (Å²) >= 11 is 0. The third kappa shape index (κ3) is 2.93. The van der Waals surface area contributed by atoms with Gasteiger partial charge in [-0.25, -0.2) is 4.39 Å². The average molecular weight is 273 g/mol. The number of rotatable bonds is 4. The second kappa shape index (κ2) is 5.95. The summed E-state index contributed by atoms with van der Waals surface area (Å²) in [6.07, 6.45) is 0. The fourth-order valence-corrected chi connectivity index (χ4v) is 2.51. The monoisotopic (exact) mass is 273 g/mol. The number of benzene rings is 2. The molecule has 1 N–H and O–H groups in total. The number of hydrogen-bond acceptors (Lipinski definition) is 2. The molecule has 0 aromatic heterocycles. The van der Waals surface area contributed by atoms with Gasteiger partial charge >= 0.3 is 0 Å². The number of phenolic OH excluding ortho intramolecular Hbond substituents is 1. The minimum absolute atomic E-state index is 0.0256. The normalized spacial score (nSPS) is 12.2. The number of halogens is 1. The Hall–Kier alpha value is -2.03. The van der Waals surface area contributed by atoms with Gasteiger partial charge in [0.1, 0.15) is 11.6 Å². The van der Waals surface area contributed by atoms with Crippen LogP contribution in [0.3, 0.4) is 0 Å². The van der Waals surface area contributed by atoms with Gasteiger partial charge in [0.15, 0.2) is 0 Å². The molecule has 2 aromatic carbocycles. The molecule has 2 nitrogen and oxygen atoms in total. The zero-order valence-corrected chi connectivity index (χ0v) is 12.1. The highest BCUT2D eigenvalue weighted by molar-refractivity contribution is 5.51. The van der Waals surface area contributed by atoms with Crippen molar-refractivity contribution < 1.29 is 9.50 Å². The molecule has 0 fully saturated rings. The lowest BCUT2D eigenvalue weighted by Gasteiger charge is -2.31. The largest absolute Gasteiger partial charge is 0.508 e. The zero-order chi connectivity index (χ0) is 14.7. The van der Waals surface area contributed by atoms with Crippen molar-refractivity contribution in [1.29, 1.82) is 0 Å². The molecule has 2 aromatic rings. The van der Waals surface area contributed by atoms with E-state index in [1.165, 1.54) is 12.1 Å². The maximum atomic E-state index is 13.4. The number of hydrogen-bond donors (Lipinski definition) is 1. The van der Waals surface area contributed by atoms with Gasteiger partial charge in [0, 0.05) is 17.8 Å². The van der Waals surface area contributed by atoms with Crippen molar-refractivity contribution in [2.45, 2.75) is 26.8 Å². The van der Waals surface area contributed by atoms with E-state index in [0.29, 0.717) is 0 Å². The lowest BCUT2D eigenvalue weighted by atomic mass is 10.0. The average Bonchev–Trinajstić information content (AvgIpc) is 2.39. The molecule has 0 aliphatic rings. The van der Waals surface area contributed by atoms with Crippen molar-refractivity contribution in [2.24, 2.45) is 0 Å². The van der Waals surface area contributed by atoms with Gasteiger partial charge in [-0.1, -0.05) is 18.2 Å². The standard InChI is InChI=1S/C17H20FNO/c1-4-19(15-7-5-6-14(18)11-15)13(3)16-9-8-12(2)10-17(16)20/h5-11,13,20H,4H2,1-3H3. The van der Waals surface area contributed by atoms with Gasteiger partial charge in [-0.3, -0.25) is 0 Å². The van der Waals surface area contributed by atoms with Gasteiger partial charge in [-0.2, -0.15) is 0 Å². The Labute approximate surface area is 119 Å². The van der Waals surface area contributed by atoms with E-state index in [-0.39, 0.29) is 17.6 Å². The summed E-state index contributed by atoms with van der Waals surface area (Å²) in [7, 11) is 0. The second-order valence-corrected chi connectivity index (χ2v) is 5.00. The molecule has 2 rings (SSSR count). The van der Waals surface area contributed by atoms with E-state index in [1.54, 1.807) is 12.1 Å². The lowest BCUT2D eigenvalue weighted by Crippen LogP contribution is -2.26. The highest BCUT2D eigenvalue weighted by Crippen LogP contribution is 2.32. The molecule has 0 saturated heterocycles. The summed E-state index contributed by atoms with van der Waals surface area (Å²) in [5.41, 5.74) is 2.69. The molecule has 1 unspecified atom stereocenters. The van der Waals surface area contributed by atoms with Gasteiger partial charge in [-0.05, 0) is 50.6 Å². The summed E-state index contributed by atoms with van der Waals surface area (Å²) in [5.74, 6) is 0.0358. The number of aryl methyl sites for hydroxylation is 1. The fraction of sp³-hybridized carbons (Fsp3) is 0.294. The topological polar surface area (TPSA) is 23.5 Å². The van der Waals surface area contributed by atoms with Crippen molar-refractivity contribution in [3.63, 3.8) is 0 Å². The molecule has 0 heterocycles. The molecular formula is C17H20FNO. The molecule has 0 aliphatic heterocycles. The molecule has 0 saturated carbocycles. The van der Waals surface area contributed by atoms with E-state index >= 15 is 0 Å². The highest BCUT2D eigenvalue weighted by atomic mass is 19.1. The van der Waals surface area contributed by atoms with Crippen molar-refractivity contribution in [3.8, 4) is 5.75 Å².